The molecule has 0 aliphatic carbocycles. The highest BCUT2D eigenvalue weighted by atomic mass is 79.9. The second-order valence-electron chi connectivity index (χ2n) is 5.05. The first kappa shape index (κ1) is 12.8. The molecule has 1 unspecified atom stereocenters. The maximum atomic E-state index is 3.65. The van der Waals surface area contributed by atoms with Crippen LogP contribution in [0.2, 0.25) is 0 Å². The Morgan fingerprint density at radius 1 is 1.27 bits per heavy atom. The fourth-order valence-corrected chi connectivity index (χ4v) is 2.49. The first-order chi connectivity index (χ1) is 6.99. The first-order valence-electron chi connectivity index (χ1n) is 5.60. The Bertz CT molecular complexity index is 317. The van der Waals surface area contributed by atoms with Gasteiger partial charge in [-0.25, -0.2) is 0 Å². The van der Waals surface area contributed by atoms with E-state index in [4.69, 9.17) is 0 Å². The summed E-state index contributed by atoms with van der Waals surface area (Å²) in [5.74, 6) is 0.691. The predicted octanol–water partition coefficient (Wildman–Crippen LogP) is 4.59. The van der Waals surface area contributed by atoms with Gasteiger partial charge >= 0.3 is 0 Å². The fraction of sp³-hybridized carbons (Fsp3) is 0.571. The molecule has 0 bridgehead atoms. The molecule has 0 N–H and O–H groups in total. The van der Waals surface area contributed by atoms with Gasteiger partial charge < -0.3 is 0 Å². The van der Waals surface area contributed by atoms with Gasteiger partial charge in [0.15, 0.2) is 0 Å². The Morgan fingerprint density at radius 3 is 2.33 bits per heavy atom. The van der Waals surface area contributed by atoms with Gasteiger partial charge in [-0.2, -0.15) is 0 Å². The molecule has 0 amide bonds. The molecule has 15 heavy (non-hydrogen) atoms. The Hall–Kier alpha value is -0.300. The predicted molar refractivity (Wildman–Crippen MR) is 71.6 cm³/mol. The molecular formula is C14H21Br. The van der Waals surface area contributed by atoms with Gasteiger partial charge in [0.25, 0.3) is 0 Å². The first-order valence-corrected chi connectivity index (χ1v) is 6.72. The minimum Gasteiger partial charge on any atom is -0.0922 e. The maximum Gasteiger partial charge on any atom is 0.00909 e. The molecule has 1 rings (SSSR count). The second-order valence-corrected chi connectivity index (χ2v) is 5.61. The second kappa shape index (κ2) is 5.16. The highest BCUT2D eigenvalue weighted by molar-refractivity contribution is 9.09. The van der Waals surface area contributed by atoms with Crippen LogP contribution in [0.25, 0.3) is 0 Å². The average molecular weight is 269 g/mol. The molecule has 0 radical (unpaired) electrons. The summed E-state index contributed by atoms with van der Waals surface area (Å²) in [4.78, 5) is 0. The molecule has 0 aliphatic rings. The van der Waals surface area contributed by atoms with E-state index in [9.17, 15) is 0 Å². The number of halogens is 1. The van der Waals surface area contributed by atoms with E-state index in [1.807, 2.05) is 0 Å². The lowest BCUT2D eigenvalue weighted by atomic mass is 9.75. The monoisotopic (exact) mass is 268 g/mol. The average Bonchev–Trinajstić information content (AvgIpc) is 2.21. The largest absolute Gasteiger partial charge is 0.0922 e. The summed E-state index contributed by atoms with van der Waals surface area (Å²) < 4.78 is 0. The number of aryl methyl sites for hydroxylation is 1. The molecule has 1 aromatic rings. The molecule has 0 spiro atoms. The van der Waals surface area contributed by atoms with Gasteiger partial charge in [0, 0.05) is 5.33 Å². The van der Waals surface area contributed by atoms with Gasteiger partial charge in [-0.15, -0.1) is 0 Å². The maximum absolute atomic E-state index is 3.65. The third-order valence-corrected chi connectivity index (χ3v) is 4.84. The van der Waals surface area contributed by atoms with Crippen LogP contribution >= 0.6 is 15.9 Å². The SMILES string of the molecule is Cc1ccccc1CC(C)(CBr)C(C)C. The Kier molecular flexibility index (Phi) is 4.39. The van der Waals surface area contributed by atoms with E-state index in [-0.39, 0.29) is 0 Å². The molecule has 0 aliphatic heterocycles. The molecule has 0 nitrogen and oxygen atoms in total. The Labute approximate surface area is 102 Å². The van der Waals surface area contributed by atoms with Crippen molar-refractivity contribution in [2.45, 2.75) is 34.1 Å². The van der Waals surface area contributed by atoms with Crippen molar-refractivity contribution in [3.05, 3.63) is 35.4 Å². The molecule has 1 heteroatoms. The van der Waals surface area contributed by atoms with Crippen molar-refractivity contribution in [3.63, 3.8) is 0 Å². The van der Waals surface area contributed by atoms with Crippen LogP contribution in [-0.4, -0.2) is 5.33 Å². The number of hydrogen-bond acceptors (Lipinski definition) is 0. The van der Waals surface area contributed by atoms with Gasteiger partial charge in [-0.1, -0.05) is 61.0 Å². The van der Waals surface area contributed by atoms with Crippen LogP contribution < -0.4 is 0 Å². The summed E-state index contributed by atoms with van der Waals surface area (Å²) in [6.45, 7) is 9.17. The third-order valence-electron chi connectivity index (χ3n) is 3.55. The summed E-state index contributed by atoms with van der Waals surface area (Å²) in [6, 6.07) is 8.69. The number of benzene rings is 1. The highest BCUT2D eigenvalue weighted by Gasteiger charge is 2.27. The van der Waals surface area contributed by atoms with E-state index in [1.165, 1.54) is 11.1 Å². The zero-order valence-corrected chi connectivity index (χ0v) is 11.8. The number of hydrogen-bond donors (Lipinski definition) is 0. The third kappa shape index (κ3) is 3.07. The van der Waals surface area contributed by atoms with Crippen molar-refractivity contribution >= 4 is 15.9 Å². The lowest BCUT2D eigenvalue weighted by molar-refractivity contribution is 0.257. The number of rotatable bonds is 4. The minimum absolute atomic E-state index is 0.353. The zero-order valence-electron chi connectivity index (χ0n) is 10.2. The van der Waals surface area contributed by atoms with E-state index in [2.05, 4.69) is 67.9 Å². The Balaban J connectivity index is 2.89. The molecule has 1 atom stereocenters. The molecule has 0 fully saturated rings. The lowest BCUT2D eigenvalue weighted by Gasteiger charge is -2.32. The van der Waals surface area contributed by atoms with Crippen LogP contribution in [0.1, 0.15) is 31.9 Å². The minimum atomic E-state index is 0.353. The van der Waals surface area contributed by atoms with Crippen LogP contribution in [-0.2, 0) is 6.42 Å². The Morgan fingerprint density at radius 2 is 1.87 bits per heavy atom. The molecule has 0 heterocycles. The highest BCUT2D eigenvalue weighted by Crippen LogP contribution is 2.33. The van der Waals surface area contributed by atoms with Crippen LogP contribution in [0, 0.1) is 18.3 Å². The van der Waals surface area contributed by atoms with Crippen molar-refractivity contribution in [2.24, 2.45) is 11.3 Å². The van der Waals surface area contributed by atoms with Crippen LogP contribution in [0.4, 0.5) is 0 Å². The van der Waals surface area contributed by atoms with Crippen molar-refractivity contribution < 1.29 is 0 Å². The van der Waals surface area contributed by atoms with Crippen molar-refractivity contribution in [2.75, 3.05) is 5.33 Å². The number of alkyl halides is 1. The lowest BCUT2D eigenvalue weighted by Crippen LogP contribution is -2.28. The molecule has 0 aromatic heterocycles. The van der Waals surface area contributed by atoms with E-state index in [0.29, 0.717) is 11.3 Å². The van der Waals surface area contributed by atoms with Crippen LogP contribution in [0.15, 0.2) is 24.3 Å². The molecule has 84 valence electrons. The fourth-order valence-electron chi connectivity index (χ4n) is 1.65. The standard InChI is InChI=1S/C14H21Br/c1-11(2)14(4,10-15)9-13-8-6-5-7-12(13)3/h5-8,11H,9-10H2,1-4H3. The molecular weight excluding hydrogens is 248 g/mol. The van der Waals surface area contributed by atoms with E-state index in [1.54, 1.807) is 0 Å². The normalized spacial score (nSPS) is 15.3. The smallest absolute Gasteiger partial charge is 0.00909 e. The van der Waals surface area contributed by atoms with Crippen LogP contribution in [0.3, 0.4) is 0 Å². The van der Waals surface area contributed by atoms with Gasteiger partial charge in [0.05, 0.1) is 0 Å². The van der Waals surface area contributed by atoms with Crippen molar-refractivity contribution in [1.29, 1.82) is 0 Å². The summed E-state index contributed by atoms with van der Waals surface area (Å²) in [5, 5.41) is 1.06. The summed E-state index contributed by atoms with van der Waals surface area (Å²) in [5.41, 5.74) is 3.24. The van der Waals surface area contributed by atoms with Crippen LogP contribution in [0.5, 0.6) is 0 Å². The topological polar surface area (TPSA) is 0 Å². The van der Waals surface area contributed by atoms with E-state index >= 15 is 0 Å². The van der Waals surface area contributed by atoms with E-state index < -0.39 is 0 Å². The van der Waals surface area contributed by atoms with Crippen molar-refractivity contribution in [1.82, 2.24) is 0 Å². The molecule has 1 aromatic carbocycles. The molecule has 0 saturated carbocycles. The van der Waals surface area contributed by atoms with Gasteiger partial charge in [0.1, 0.15) is 0 Å². The zero-order chi connectivity index (χ0) is 11.5. The summed E-state index contributed by atoms with van der Waals surface area (Å²) in [7, 11) is 0. The summed E-state index contributed by atoms with van der Waals surface area (Å²) in [6.07, 6.45) is 1.16. The van der Waals surface area contributed by atoms with E-state index in [0.717, 1.165) is 11.8 Å². The van der Waals surface area contributed by atoms with Gasteiger partial charge in [0.2, 0.25) is 0 Å². The molecule has 0 saturated heterocycles. The van der Waals surface area contributed by atoms with Gasteiger partial charge in [-0.05, 0) is 35.8 Å². The van der Waals surface area contributed by atoms with Gasteiger partial charge in [-0.3, -0.25) is 0 Å². The summed E-state index contributed by atoms with van der Waals surface area (Å²) >= 11 is 3.65. The quantitative estimate of drug-likeness (QED) is 0.701. The van der Waals surface area contributed by atoms with Crippen molar-refractivity contribution in [3.8, 4) is 0 Å².